The smallest absolute Gasteiger partial charge is 0.160 e. The first-order chi connectivity index (χ1) is 9.20. The van der Waals surface area contributed by atoms with E-state index in [1.54, 1.807) is 11.3 Å². The molecule has 102 valence electrons. The summed E-state index contributed by atoms with van der Waals surface area (Å²) in [4.78, 5) is 11.6. The van der Waals surface area contributed by atoms with E-state index in [2.05, 4.69) is 9.97 Å². The SMILES string of the molecule is CCOC(C)c1nc(N)c2c3c(sc2n1)CCCC3. The first kappa shape index (κ1) is 12.8. The highest BCUT2D eigenvalue weighted by molar-refractivity contribution is 7.19. The lowest BCUT2D eigenvalue weighted by molar-refractivity contribution is 0.0704. The molecule has 0 saturated heterocycles. The molecular formula is C14H19N3OS. The van der Waals surface area contributed by atoms with Gasteiger partial charge in [-0.3, -0.25) is 0 Å². The van der Waals surface area contributed by atoms with Crippen molar-refractivity contribution in [1.29, 1.82) is 0 Å². The molecular weight excluding hydrogens is 258 g/mol. The van der Waals surface area contributed by atoms with Crippen LogP contribution in [0.3, 0.4) is 0 Å². The number of hydrogen-bond donors (Lipinski definition) is 1. The van der Waals surface area contributed by atoms with Crippen LogP contribution in [0.4, 0.5) is 5.82 Å². The molecule has 0 bridgehead atoms. The van der Waals surface area contributed by atoms with Crippen molar-refractivity contribution in [3.63, 3.8) is 0 Å². The van der Waals surface area contributed by atoms with E-state index in [4.69, 9.17) is 10.5 Å². The summed E-state index contributed by atoms with van der Waals surface area (Å²) in [5, 5.41) is 1.09. The van der Waals surface area contributed by atoms with Crippen LogP contribution in [0.25, 0.3) is 10.2 Å². The van der Waals surface area contributed by atoms with E-state index < -0.39 is 0 Å². The molecule has 1 unspecified atom stereocenters. The van der Waals surface area contributed by atoms with E-state index in [9.17, 15) is 0 Å². The maximum atomic E-state index is 6.16. The minimum atomic E-state index is -0.101. The highest BCUT2D eigenvalue weighted by Crippen LogP contribution is 2.38. The Kier molecular flexibility index (Phi) is 3.41. The predicted molar refractivity (Wildman–Crippen MR) is 78.5 cm³/mol. The number of thiophene rings is 1. The van der Waals surface area contributed by atoms with Crippen LogP contribution < -0.4 is 5.73 Å². The molecule has 1 aliphatic carbocycles. The van der Waals surface area contributed by atoms with Gasteiger partial charge in [0.15, 0.2) is 5.82 Å². The van der Waals surface area contributed by atoms with Crippen LogP contribution in [0.1, 0.15) is 49.1 Å². The second-order valence-electron chi connectivity index (χ2n) is 4.96. The Morgan fingerprint density at radius 3 is 2.89 bits per heavy atom. The average molecular weight is 277 g/mol. The number of nitrogens with zero attached hydrogens (tertiary/aromatic N) is 2. The summed E-state index contributed by atoms with van der Waals surface area (Å²) in [5.41, 5.74) is 7.55. The van der Waals surface area contributed by atoms with Crippen molar-refractivity contribution in [3.05, 3.63) is 16.3 Å². The molecule has 19 heavy (non-hydrogen) atoms. The summed E-state index contributed by atoms with van der Waals surface area (Å²) in [6, 6.07) is 0. The molecule has 2 aromatic heterocycles. The summed E-state index contributed by atoms with van der Waals surface area (Å²) in [7, 11) is 0. The van der Waals surface area contributed by atoms with Gasteiger partial charge in [0.2, 0.25) is 0 Å². The number of nitrogen functional groups attached to an aromatic ring is 1. The monoisotopic (exact) mass is 277 g/mol. The molecule has 0 fully saturated rings. The van der Waals surface area contributed by atoms with E-state index in [0.29, 0.717) is 18.2 Å². The predicted octanol–water partition coefficient (Wildman–Crippen LogP) is 3.25. The second-order valence-corrected chi connectivity index (χ2v) is 6.04. The van der Waals surface area contributed by atoms with Gasteiger partial charge in [0, 0.05) is 11.5 Å². The molecule has 0 saturated carbocycles. The van der Waals surface area contributed by atoms with E-state index in [0.717, 1.165) is 23.1 Å². The molecule has 0 aliphatic heterocycles. The molecule has 1 aliphatic rings. The minimum absolute atomic E-state index is 0.101. The molecule has 0 aromatic carbocycles. The Balaban J connectivity index is 2.11. The molecule has 1 atom stereocenters. The lowest BCUT2D eigenvalue weighted by Gasteiger charge is -2.12. The second kappa shape index (κ2) is 5.06. The van der Waals surface area contributed by atoms with Crippen molar-refractivity contribution in [2.45, 2.75) is 45.6 Å². The Morgan fingerprint density at radius 2 is 2.11 bits per heavy atom. The zero-order valence-electron chi connectivity index (χ0n) is 11.4. The van der Waals surface area contributed by atoms with Gasteiger partial charge in [-0.15, -0.1) is 11.3 Å². The lowest BCUT2D eigenvalue weighted by atomic mass is 9.97. The van der Waals surface area contributed by atoms with Gasteiger partial charge in [-0.2, -0.15) is 0 Å². The maximum absolute atomic E-state index is 6.16. The first-order valence-electron chi connectivity index (χ1n) is 6.90. The lowest BCUT2D eigenvalue weighted by Crippen LogP contribution is -2.07. The molecule has 2 N–H and O–H groups in total. The minimum Gasteiger partial charge on any atom is -0.383 e. The Labute approximate surface area is 117 Å². The molecule has 0 spiro atoms. The van der Waals surface area contributed by atoms with Crippen LogP contribution >= 0.6 is 11.3 Å². The molecule has 4 nitrogen and oxygen atoms in total. The van der Waals surface area contributed by atoms with Crippen LogP contribution in [0.5, 0.6) is 0 Å². The number of aromatic nitrogens is 2. The number of ether oxygens (including phenoxy) is 1. The van der Waals surface area contributed by atoms with Crippen molar-refractivity contribution in [1.82, 2.24) is 9.97 Å². The van der Waals surface area contributed by atoms with Crippen LogP contribution in [-0.4, -0.2) is 16.6 Å². The summed E-state index contributed by atoms with van der Waals surface area (Å²) in [5.74, 6) is 1.32. The fraction of sp³-hybridized carbons (Fsp3) is 0.571. The van der Waals surface area contributed by atoms with Crippen molar-refractivity contribution in [2.75, 3.05) is 12.3 Å². The summed E-state index contributed by atoms with van der Waals surface area (Å²) in [6.45, 7) is 4.60. The average Bonchev–Trinajstić information content (AvgIpc) is 2.77. The molecule has 3 rings (SSSR count). The molecule has 0 amide bonds. The first-order valence-corrected chi connectivity index (χ1v) is 7.71. The maximum Gasteiger partial charge on any atom is 0.160 e. The molecule has 2 aromatic rings. The van der Waals surface area contributed by atoms with Crippen molar-refractivity contribution in [3.8, 4) is 0 Å². The topological polar surface area (TPSA) is 61.0 Å². The van der Waals surface area contributed by atoms with Crippen molar-refractivity contribution < 1.29 is 4.74 Å². The van der Waals surface area contributed by atoms with Gasteiger partial charge < -0.3 is 10.5 Å². The van der Waals surface area contributed by atoms with E-state index in [1.165, 1.54) is 23.3 Å². The normalized spacial score (nSPS) is 16.5. The number of anilines is 1. The van der Waals surface area contributed by atoms with Gasteiger partial charge in [-0.1, -0.05) is 0 Å². The third-order valence-corrected chi connectivity index (χ3v) is 4.83. The van der Waals surface area contributed by atoms with Crippen LogP contribution in [0.15, 0.2) is 0 Å². The van der Waals surface area contributed by atoms with E-state index in [-0.39, 0.29) is 6.10 Å². The zero-order valence-corrected chi connectivity index (χ0v) is 12.2. The fourth-order valence-corrected chi connectivity index (χ4v) is 3.99. The van der Waals surface area contributed by atoms with Crippen LogP contribution in [-0.2, 0) is 17.6 Å². The third-order valence-electron chi connectivity index (χ3n) is 3.64. The standard InChI is InChI=1S/C14H19N3OS/c1-3-18-8(2)13-16-12(15)11-9-6-4-5-7-10(9)19-14(11)17-13/h8H,3-7H2,1-2H3,(H2,15,16,17). The highest BCUT2D eigenvalue weighted by atomic mass is 32.1. The summed E-state index contributed by atoms with van der Waals surface area (Å²) < 4.78 is 5.56. The van der Waals surface area contributed by atoms with Gasteiger partial charge in [0.1, 0.15) is 16.8 Å². The number of hydrogen-bond acceptors (Lipinski definition) is 5. The van der Waals surface area contributed by atoms with Gasteiger partial charge in [0.25, 0.3) is 0 Å². The Morgan fingerprint density at radius 1 is 1.32 bits per heavy atom. The largest absolute Gasteiger partial charge is 0.383 e. The van der Waals surface area contributed by atoms with Gasteiger partial charge in [0.05, 0.1) is 5.39 Å². The van der Waals surface area contributed by atoms with Gasteiger partial charge >= 0.3 is 0 Å². The number of fused-ring (bicyclic) bond motifs is 3. The molecule has 2 heterocycles. The van der Waals surface area contributed by atoms with Crippen molar-refractivity contribution in [2.24, 2.45) is 0 Å². The number of aryl methyl sites for hydroxylation is 2. The summed E-state index contributed by atoms with van der Waals surface area (Å²) >= 11 is 1.78. The van der Waals surface area contributed by atoms with Crippen molar-refractivity contribution >= 4 is 27.4 Å². The van der Waals surface area contributed by atoms with Crippen LogP contribution in [0, 0.1) is 0 Å². The zero-order chi connectivity index (χ0) is 13.4. The van der Waals surface area contributed by atoms with Crippen LogP contribution in [0.2, 0.25) is 0 Å². The number of nitrogens with two attached hydrogens (primary N) is 1. The molecule has 0 radical (unpaired) electrons. The van der Waals surface area contributed by atoms with E-state index in [1.807, 2.05) is 13.8 Å². The quantitative estimate of drug-likeness (QED) is 0.935. The molecule has 5 heteroatoms. The summed E-state index contributed by atoms with van der Waals surface area (Å²) in [6.07, 6.45) is 4.69. The van der Waals surface area contributed by atoms with Gasteiger partial charge in [-0.05, 0) is 45.1 Å². The number of rotatable bonds is 3. The van der Waals surface area contributed by atoms with Gasteiger partial charge in [-0.25, -0.2) is 9.97 Å². The highest BCUT2D eigenvalue weighted by Gasteiger charge is 2.21. The third kappa shape index (κ3) is 2.21. The Hall–Kier alpha value is -1.20. The van der Waals surface area contributed by atoms with E-state index >= 15 is 0 Å². The Bertz CT molecular complexity index is 608. The fourth-order valence-electron chi connectivity index (χ4n) is 2.71.